The second-order valence-electron chi connectivity index (χ2n) is 4.90. The van der Waals surface area contributed by atoms with Crippen molar-refractivity contribution in [3.05, 3.63) is 47.6 Å². The molecule has 0 bridgehead atoms. The maximum atomic E-state index is 12.7. The van der Waals surface area contributed by atoms with Crippen LogP contribution in [0.5, 0.6) is 0 Å². The monoisotopic (exact) mass is 338 g/mol. The molecule has 22 heavy (non-hydrogen) atoms. The molecule has 1 aliphatic heterocycles. The lowest BCUT2D eigenvalue weighted by Crippen LogP contribution is -2.36. The van der Waals surface area contributed by atoms with Crippen molar-refractivity contribution in [1.82, 2.24) is 4.98 Å². The van der Waals surface area contributed by atoms with Gasteiger partial charge in [0, 0.05) is 18.8 Å². The molecule has 1 aromatic carbocycles. The third-order valence-electron chi connectivity index (χ3n) is 3.46. The van der Waals surface area contributed by atoms with Crippen LogP contribution < -0.4 is 4.90 Å². The summed E-state index contributed by atoms with van der Waals surface area (Å²) in [6, 6.07) is 11.5. The number of hydrogen-bond acceptors (Lipinski definition) is 5. The average molecular weight is 339 g/mol. The van der Waals surface area contributed by atoms with Crippen LogP contribution in [-0.4, -0.2) is 39.7 Å². The van der Waals surface area contributed by atoms with Gasteiger partial charge in [-0.1, -0.05) is 29.8 Å². The Kier molecular flexibility index (Phi) is 4.33. The Morgan fingerprint density at radius 1 is 1.09 bits per heavy atom. The van der Waals surface area contributed by atoms with E-state index in [1.54, 1.807) is 42.5 Å². The molecule has 5 nitrogen and oxygen atoms in total. The average Bonchev–Trinajstić information content (AvgIpc) is 2.56. The first-order valence-electron chi connectivity index (χ1n) is 6.88. The van der Waals surface area contributed by atoms with Crippen LogP contribution in [0.4, 0.5) is 5.69 Å². The number of nitrogens with zero attached hydrogens (tertiary/aromatic N) is 2. The van der Waals surface area contributed by atoms with Gasteiger partial charge in [0.1, 0.15) is 5.15 Å². The fourth-order valence-corrected chi connectivity index (χ4v) is 3.83. The van der Waals surface area contributed by atoms with E-state index in [2.05, 4.69) is 4.98 Å². The largest absolute Gasteiger partial charge is 0.378 e. The molecule has 2 aromatic rings. The number of pyridine rings is 1. The summed E-state index contributed by atoms with van der Waals surface area (Å²) in [5, 5.41) is 0.131. The fraction of sp³-hybridized carbons (Fsp3) is 0.267. The molecule has 2 heterocycles. The van der Waals surface area contributed by atoms with E-state index in [-0.39, 0.29) is 15.1 Å². The van der Waals surface area contributed by atoms with Crippen LogP contribution in [0.3, 0.4) is 0 Å². The molecule has 0 N–H and O–H groups in total. The summed E-state index contributed by atoms with van der Waals surface area (Å²) in [5.74, 6) is 0. The summed E-state index contributed by atoms with van der Waals surface area (Å²) in [6.07, 6.45) is 0. The zero-order chi connectivity index (χ0) is 15.6. The Hall–Kier alpha value is -1.63. The lowest BCUT2D eigenvalue weighted by atomic mass is 10.3. The number of aromatic nitrogens is 1. The molecular weight excluding hydrogens is 324 g/mol. The maximum absolute atomic E-state index is 12.7. The third kappa shape index (κ3) is 3.09. The van der Waals surface area contributed by atoms with Crippen molar-refractivity contribution in [3.63, 3.8) is 0 Å². The molecule has 1 aliphatic rings. The van der Waals surface area contributed by atoms with Gasteiger partial charge in [0.05, 0.1) is 18.1 Å². The number of halogens is 1. The predicted octanol–water partition coefficient (Wildman–Crippen LogP) is 2.40. The zero-order valence-corrected chi connectivity index (χ0v) is 13.3. The first-order chi connectivity index (χ1) is 10.6. The van der Waals surface area contributed by atoms with Crippen molar-refractivity contribution < 1.29 is 13.2 Å². The zero-order valence-electron chi connectivity index (χ0n) is 11.8. The molecule has 116 valence electrons. The molecule has 1 saturated heterocycles. The van der Waals surface area contributed by atoms with Gasteiger partial charge in [-0.15, -0.1) is 0 Å². The van der Waals surface area contributed by atoms with Crippen LogP contribution in [0, 0.1) is 0 Å². The lowest BCUT2D eigenvalue weighted by molar-refractivity contribution is 0.122. The molecule has 7 heteroatoms. The summed E-state index contributed by atoms with van der Waals surface area (Å²) in [6.45, 7) is 2.62. The van der Waals surface area contributed by atoms with Gasteiger partial charge < -0.3 is 9.64 Å². The van der Waals surface area contributed by atoms with Crippen LogP contribution in [0.2, 0.25) is 5.15 Å². The van der Waals surface area contributed by atoms with Crippen molar-refractivity contribution in [2.24, 2.45) is 0 Å². The summed E-state index contributed by atoms with van der Waals surface area (Å²) in [4.78, 5) is 6.25. The lowest BCUT2D eigenvalue weighted by Gasteiger charge is -2.29. The van der Waals surface area contributed by atoms with E-state index >= 15 is 0 Å². The molecule has 0 atom stereocenters. The topological polar surface area (TPSA) is 59.5 Å². The second-order valence-corrected chi connectivity index (χ2v) is 7.19. The van der Waals surface area contributed by atoms with Crippen LogP contribution in [0.15, 0.2) is 52.4 Å². The van der Waals surface area contributed by atoms with Crippen molar-refractivity contribution in [2.45, 2.75) is 9.92 Å². The quantitative estimate of drug-likeness (QED) is 0.804. The number of sulfone groups is 1. The molecule has 0 spiro atoms. The van der Waals surface area contributed by atoms with E-state index in [1.165, 1.54) is 0 Å². The van der Waals surface area contributed by atoms with Crippen molar-refractivity contribution in [3.8, 4) is 0 Å². The van der Waals surface area contributed by atoms with E-state index in [9.17, 15) is 8.42 Å². The second kappa shape index (κ2) is 6.24. The van der Waals surface area contributed by atoms with Gasteiger partial charge in [-0.25, -0.2) is 13.4 Å². The highest BCUT2D eigenvalue weighted by Crippen LogP contribution is 2.26. The minimum absolute atomic E-state index is 0.0345. The number of anilines is 1. The van der Waals surface area contributed by atoms with Gasteiger partial charge in [-0.05, 0) is 24.3 Å². The van der Waals surface area contributed by atoms with Crippen molar-refractivity contribution >= 4 is 27.1 Å². The Balaban J connectivity index is 2.02. The molecule has 3 rings (SSSR count). The molecule has 1 fully saturated rings. The molecule has 1 aromatic heterocycles. The SMILES string of the molecule is O=S(=O)(c1ccccc1)c1cc(N2CCOCC2)cc(Cl)n1. The molecule has 0 unspecified atom stereocenters. The molecule has 0 aliphatic carbocycles. The van der Waals surface area contributed by atoms with E-state index in [4.69, 9.17) is 16.3 Å². The highest BCUT2D eigenvalue weighted by molar-refractivity contribution is 7.91. The van der Waals surface area contributed by atoms with Crippen molar-refractivity contribution in [2.75, 3.05) is 31.2 Å². The fourth-order valence-electron chi connectivity index (χ4n) is 2.32. The Morgan fingerprint density at radius 2 is 1.77 bits per heavy atom. The smallest absolute Gasteiger partial charge is 0.223 e. The van der Waals surface area contributed by atoms with Crippen LogP contribution in [0.25, 0.3) is 0 Å². The van der Waals surface area contributed by atoms with Gasteiger partial charge in [-0.2, -0.15) is 0 Å². The Morgan fingerprint density at radius 3 is 2.45 bits per heavy atom. The van der Waals surface area contributed by atoms with Gasteiger partial charge in [-0.3, -0.25) is 0 Å². The van der Waals surface area contributed by atoms with Gasteiger partial charge >= 0.3 is 0 Å². The van der Waals surface area contributed by atoms with E-state index in [1.807, 2.05) is 4.90 Å². The number of hydrogen-bond donors (Lipinski definition) is 0. The first-order valence-corrected chi connectivity index (χ1v) is 8.74. The summed E-state index contributed by atoms with van der Waals surface area (Å²) >= 11 is 6.03. The van der Waals surface area contributed by atoms with Gasteiger partial charge in [0.15, 0.2) is 5.03 Å². The number of ether oxygens (including phenoxy) is 1. The molecule has 0 saturated carbocycles. The molecular formula is C15H15ClN2O3S. The highest BCUT2D eigenvalue weighted by Gasteiger charge is 2.22. The van der Waals surface area contributed by atoms with Gasteiger partial charge in [0.2, 0.25) is 9.84 Å². The van der Waals surface area contributed by atoms with Crippen LogP contribution >= 0.6 is 11.6 Å². The Bertz CT molecular complexity index is 760. The van der Waals surface area contributed by atoms with Crippen LogP contribution in [-0.2, 0) is 14.6 Å². The summed E-state index contributed by atoms with van der Waals surface area (Å²) < 4.78 is 30.6. The van der Waals surface area contributed by atoms with Crippen molar-refractivity contribution in [1.29, 1.82) is 0 Å². The normalized spacial score (nSPS) is 15.8. The molecule has 0 amide bonds. The minimum atomic E-state index is -3.68. The number of benzene rings is 1. The maximum Gasteiger partial charge on any atom is 0.223 e. The third-order valence-corrected chi connectivity index (χ3v) is 5.31. The number of rotatable bonds is 3. The Labute approximate surface area is 134 Å². The molecule has 0 radical (unpaired) electrons. The van der Waals surface area contributed by atoms with Gasteiger partial charge in [0.25, 0.3) is 0 Å². The first kappa shape index (κ1) is 15.3. The highest BCUT2D eigenvalue weighted by atomic mass is 35.5. The summed E-state index contributed by atoms with van der Waals surface area (Å²) in [7, 11) is -3.68. The van der Waals surface area contributed by atoms with Crippen LogP contribution in [0.1, 0.15) is 0 Å². The number of morpholine rings is 1. The summed E-state index contributed by atoms with van der Waals surface area (Å²) in [5.41, 5.74) is 0.748. The standard InChI is InChI=1S/C15H15ClN2O3S/c16-14-10-12(18-6-8-21-9-7-18)11-15(17-14)22(19,20)13-4-2-1-3-5-13/h1-5,10-11H,6-9H2. The van der Waals surface area contributed by atoms with E-state index < -0.39 is 9.84 Å². The predicted molar refractivity (Wildman–Crippen MR) is 84.2 cm³/mol. The van der Waals surface area contributed by atoms with E-state index in [0.717, 1.165) is 5.69 Å². The minimum Gasteiger partial charge on any atom is -0.378 e. The van der Waals surface area contributed by atoms with E-state index in [0.29, 0.717) is 26.3 Å².